The van der Waals surface area contributed by atoms with Gasteiger partial charge in [0.05, 0.1) is 13.2 Å². The highest BCUT2D eigenvalue weighted by Crippen LogP contribution is 2.20. The van der Waals surface area contributed by atoms with Crippen molar-refractivity contribution in [3.63, 3.8) is 0 Å². The number of nitrogens with one attached hydrogen (secondary N) is 1. The number of aromatic nitrogens is 2. The van der Waals surface area contributed by atoms with Gasteiger partial charge in [-0.2, -0.15) is 4.98 Å². The first kappa shape index (κ1) is 15.6. The van der Waals surface area contributed by atoms with Gasteiger partial charge in [0.25, 0.3) is 0 Å². The smallest absolute Gasteiger partial charge is 0.322 e. The highest BCUT2D eigenvalue weighted by Gasteiger charge is 2.35. The summed E-state index contributed by atoms with van der Waals surface area (Å²) >= 11 is 0. The van der Waals surface area contributed by atoms with Gasteiger partial charge in [0.1, 0.15) is 5.82 Å². The highest BCUT2D eigenvalue weighted by atomic mass is 16.5. The molecule has 0 spiro atoms. The molecule has 2 radical (unpaired) electrons. The van der Waals surface area contributed by atoms with Gasteiger partial charge in [-0.3, -0.25) is 4.79 Å². The third-order valence-electron chi connectivity index (χ3n) is 3.44. The minimum Gasteiger partial charge on any atom is -0.468 e. The number of esters is 1. The first-order chi connectivity index (χ1) is 9.90. The molecule has 21 heavy (non-hydrogen) atoms. The van der Waals surface area contributed by atoms with E-state index in [9.17, 15) is 4.79 Å². The Labute approximate surface area is 126 Å². The third kappa shape index (κ3) is 3.63. The number of anilines is 2. The summed E-state index contributed by atoms with van der Waals surface area (Å²) in [7, 11) is 11.1. The van der Waals surface area contributed by atoms with Crippen LogP contribution in [0.15, 0.2) is 6.07 Å². The molecular weight excluding hydrogens is 269 g/mol. The lowest BCUT2D eigenvalue weighted by atomic mass is 10.1. The van der Waals surface area contributed by atoms with Crippen molar-refractivity contribution in [2.24, 2.45) is 0 Å². The van der Waals surface area contributed by atoms with Crippen molar-refractivity contribution in [2.75, 3.05) is 38.0 Å². The zero-order valence-corrected chi connectivity index (χ0v) is 12.8. The van der Waals surface area contributed by atoms with Crippen LogP contribution in [0.2, 0.25) is 0 Å². The number of methoxy groups -OCH3 is 1. The molecule has 0 saturated carbocycles. The quantitative estimate of drug-likeness (QED) is 0.616. The van der Waals surface area contributed by atoms with E-state index in [0.717, 1.165) is 11.5 Å². The molecule has 0 amide bonds. The van der Waals surface area contributed by atoms with Crippen LogP contribution in [-0.2, 0) is 9.53 Å². The van der Waals surface area contributed by atoms with Crippen LogP contribution >= 0.6 is 0 Å². The average molecular weight is 289 g/mol. The number of carbonyl (C=O) groups excluding carboxylic acids is 1. The fourth-order valence-corrected chi connectivity index (χ4v) is 2.36. The molecule has 0 unspecified atom stereocenters. The number of hydrogen-bond donors (Lipinski definition) is 1. The molecule has 2 heterocycles. The van der Waals surface area contributed by atoms with E-state index < -0.39 is 6.04 Å². The maximum absolute atomic E-state index is 11.6. The second-order valence-corrected chi connectivity index (χ2v) is 5.40. The zero-order chi connectivity index (χ0) is 15.6. The molecule has 1 aromatic heterocycles. The lowest BCUT2D eigenvalue weighted by Crippen LogP contribution is -2.34. The van der Waals surface area contributed by atoms with E-state index in [0.29, 0.717) is 18.9 Å². The van der Waals surface area contributed by atoms with Crippen molar-refractivity contribution in [3.8, 4) is 0 Å². The molecule has 1 aliphatic rings. The van der Waals surface area contributed by atoms with E-state index in [1.807, 2.05) is 32.0 Å². The predicted octanol–water partition coefficient (Wildman–Crippen LogP) is -0.0377. The molecule has 1 N–H and O–H groups in total. The summed E-state index contributed by atoms with van der Waals surface area (Å²) in [5, 5.41) is 3.24. The molecule has 1 fully saturated rings. The number of rotatable bonds is 4. The lowest BCUT2D eigenvalue weighted by Gasteiger charge is -2.16. The Morgan fingerprint density at radius 1 is 1.52 bits per heavy atom. The predicted molar refractivity (Wildman–Crippen MR) is 81.4 cm³/mol. The second-order valence-electron chi connectivity index (χ2n) is 5.40. The summed E-state index contributed by atoms with van der Waals surface area (Å²) in [5.41, 5.74) is 0.878. The Bertz CT molecular complexity index is 525. The number of hydrogen-bond acceptors (Lipinski definition) is 7. The molecule has 1 aliphatic heterocycles. The number of aryl methyl sites for hydroxylation is 1. The van der Waals surface area contributed by atoms with Crippen molar-refractivity contribution in [2.45, 2.75) is 25.4 Å². The SMILES string of the molecule is [B]N1C[C@@H](Nc2nc(C)cc(N(C)C)n2)C[C@H]1C(=O)OC. The van der Waals surface area contributed by atoms with Crippen molar-refractivity contribution < 1.29 is 9.53 Å². The minimum atomic E-state index is -0.425. The maximum atomic E-state index is 11.6. The fraction of sp³-hybridized carbons (Fsp3) is 0.615. The summed E-state index contributed by atoms with van der Waals surface area (Å²) in [6.07, 6.45) is 0.567. The van der Waals surface area contributed by atoms with Gasteiger partial charge in [0.15, 0.2) is 7.98 Å². The van der Waals surface area contributed by atoms with Crippen molar-refractivity contribution >= 4 is 25.7 Å². The minimum absolute atomic E-state index is 0.0101. The zero-order valence-electron chi connectivity index (χ0n) is 12.8. The molecule has 0 aromatic carbocycles. The summed E-state index contributed by atoms with van der Waals surface area (Å²) in [4.78, 5) is 23.8. The van der Waals surface area contributed by atoms with E-state index in [1.54, 1.807) is 0 Å². The van der Waals surface area contributed by atoms with Crippen molar-refractivity contribution in [3.05, 3.63) is 11.8 Å². The Kier molecular flexibility index (Phi) is 4.67. The first-order valence-electron chi connectivity index (χ1n) is 6.79. The van der Waals surface area contributed by atoms with Gasteiger partial charge in [0.2, 0.25) is 5.95 Å². The van der Waals surface area contributed by atoms with E-state index in [2.05, 4.69) is 15.3 Å². The largest absolute Gasteiger partial charge is 0.468 e. The van der Waals surface area contributed by atoms with Crippen LogP contribution in [0.5, 0.6) is 0 Å². The van der Waals surface area contributed by atoms with Crippen LogP contribution < -0.4 is 10.2 Å². The van der Waals surface area contributed by atoms with Crippen LogP contribution in [-0.4, -0.2) is 68.6 Å². The van der Waals surface area contributed by atoms with E-state index in [1.165, 1.54) is 11.9 Å². The van der Waals surface area contributed by atoms with Crippen molar-refractivity contribution in [1.29, 1.82) is 0 Å². The molecule has 1 saturated heterocycles. The van der Waals surface area contributed by atoms with Gasteiger partial charge in [0, 0.05) is 38.4 Å². The first-order valence-corrected chi connectivity index (χ1v) is 6.79. The average Bonchev–Trinajstić information content (AvgIpc) is 2.77. The topological polar surface area (TPSA) is 70.6 Å². The maximum Gasteiger partial charge on any atom is 0.322 e. The summed E-state index contributed by atoms with van der Waals surface area (Å²) < 4.78 is 4.75. The molecule has 7 nitrogen and oxygen atoms in total. The Morgan fingerprint density at radius 3 is 2.86 bits per heavy atom. The van der Waals surface area contributed by atoms with Crippen LogP contribution in [0.25, 0.3) is 0 Å². The van der Waals surface area contributed by atoms with Crippen LogP contribution in [0.3, 0.4) is 0 Å². The number of carbonyl (C=O) groups is 1. The van der Waals surface area contributed by atoms with E-state index >= 15 is 0 Å². The summed E-state index contributed by atoms with van der Waals surface area (Å²) in [6.45, 7) is 2.45. The lowest BCUT2D eigenvalue weighted by molar-refractivity contribution is -0.144. The molecule has 0 bridgehead atoms. The van der Waals surface area contributed by atoms with Crippen molar-refractivity contribution in [1.82, 2.24) is 14.8 Å². The molecule has 8 heteroatoms. The van der Waals surface area contributed by atoms with Crippen LogP contribution in [0.4, 0.5) is 11.8 Å². The third-order valence-corrected chi connectivity index (χ3v) is 3.44. The Hall–Kier alpha value is -1.83. The van der Waals surface area contributed by atoms with Gasteiger partial charge in [-0.15, -0.1) is 0 Å². The molecular formula is C13H20BN5O2. The Balaban J connectivity index is 2.08. The Morgan fingerprint density at radius 2 is 2.24 bits per heavy atom. The second kappa shape index (κ2) is 6.30. The summed E-state index contributed by atoms with van der Waals surface area (Å²) in [5.74, 6) is 1.06. The highest BCUT2D eigenvalue weighted by molar-refractivity contribution is 6.06. The molecule has 2 atom stereocenters. The van der Waals surface area contributed by atoms with Gasteiger partial charge in [-0.05, 0) is 13.3 Å². The monoisotopic (exact) mass is 289 g/mol. The van der Waals surface area contributed by atoms with Crippen LogP contribution in [0, 0.1) is 6.92 Å². The van der Waals surface area contributed by atoms with Crippen LogP contribution in [0.1, 0.15) is 12.1 Å². The number of ether oxygens (including phenoxy) is 1. The standard InChI is InChI=1S/C13H20BN5O2/c1-8-5-11(18(2)3)17-13(15-8)16-9-6-10(12(20)21-4)19(14)7-9/h5,9-10H,6-7H2,1-4H3,(H,15,16,17)/t9-,10-/m0/s1. The van der Waals surface area contributed by atoms with E-state index in [-0.39, 0.29) is 12.0 Å². The van der Waals surface area contributed by atoms with E-state index in [4.69, 9.17) is 12.7 Å². The molecule has 2 rings (SSSR count). The van der Waals surface area contributed by atoms with Gasteiger partial charge >= 0.3 is 5.97 Å². The molecule has 112 valence electrons. The fourth-order valence-electron chi connectivity index (χ4n) is 2.36. The number of nitrogens with zero attached hydrogens (tertiary/aromatic N) is 4. The van der Waals surface area contributed by atoms with Gasteiger partial charge in [-0.25, -0.2) is 4.98 Å². The van der Waals surface area contributed by atoms with Gasteiger partial charge in [-0.1, -0.05) is 0 Å². The molecule has 0 aliphatic carbocycles. The summed E-state index contributed by atoms with van der Waals surface area (Å²) in [6, 6.07) is 1.49. The normalized spacial score (nSPS) is 22.1. The van der Waals surface area contributed by atoms with Gasteiger partial charge < -0.3 is 19.8 Å². The molecule has 1 aromatic rings.